The second-order valence-corrected chi connectivity index (χ2v) is 5.38. The Balaban J connectivity index is 2.36. The first-order valence-corrected chi connectivity index (χ1v) is 7.04. The summed E-state index contributed by atoms with van der Waals surface area (Å²) in [6, 6.07) is 1.88. The molecule has 0 bridgehead atoms. The molecule has 0 amide bonds. The van der Waals surface area contributed by atoms with E-state index in [-0.39, 0.29) is 0 Å². The van der Waals surface area contributed by atoms with E-state index in [0.29, 0.717) is 17.3 Å². The zero-order valence-corrected chi connectivity index (χ0v) is 12.2. The highest BCUT2D eigenvalue weighted by Gasteiger charge is 2.16. The Labute approximate surface area is 121 Å². The van der Waals surface area contributed by atoms with Gasteiger partial charge in [-0.3, -0.25) is 4.57 Å². The number of hydrogen-bond acceptors (Lipinski definition) is 4. The standard InChI is InChI=1S/C13H14ClN3OS/c1-4-6-17-12(11-5-7-18-10(11)3)15-16-13(17)19-8-9(2)14/h4-5,7H,1-2,6,8H2,3H3. The SMILES string of the molecule is C=CCn1c(SCC(=C)Cl)nnc1-c1ccoc1C. The van der Waals surface area contributed by atoms with Crippen LogP contribution in [-0.2, 0) is 6.54 Å². The fourth-order valence-electron chi connectivity index (χ4n) is 1.65. The van der Waals surface area contributed by atoms with Crippen LogP contribution >= 0.6 is 23.4 Å². The van der Waals surface area contributed by atoms with Crippen molar-refractivity contribution < 1.29 is 4.42 Å². The van der Waals surface area contributed by atoms with Crippen LogP contribution in [0.15, 0.2) is 46.2 Å². The van der Waals surface area contributed by atoms with E-state index in [0.717, 1.165) is 22.3 Å². The van der Waals surface area contributed by atoms with E-state index in [1.54, 1.807) is 6.26 Å². The van der Waals surface area contributed by atoms with Gasteiger partial charge in [0, 0.05) is 17.3 Å². The highest BCUT2D eigenvalue weighted by molar-refractivity contribution is 7.99. The van der Waals surface area contributed by atoms with Crippen molar-refractivity contribution in [3.63, 3.8) is 0 Å². The average Bonchev–Trinajstić information content (AvgIpc) is 2.94. The van der Waals surface area contributed by atoms with Gasteiger partial charge in [0.05, 0.1) is 11.8 Å². The molecule has 0 radical (unpaired) electrons. The van der Waals surface area contributed by atoms with Crippen LogP contribution in [0, 0.1) is 6.92 Å². The van der Waals surface area contributed by atoms with Gasteiger partial charge < -0.3 is 4.42 Å². The van der Waals surface area contributed by atoms with Crippen LogP contribution in [0.5, 0.6) is 0 Å². The first kappa shape index (κ1) is 14.0. The van der Waals surface area contributed by atoms with Gasteiger partial charge in [-0.05, 0) is 13.0 Å². The van der Waals surface area contributed by atoms with Crippen molar-refractivity contribution in [1.82, 2.24) is 14.8 Å². The third-order valence-electron chi connectivity index (χ3n) is 2.49. The van der Waals surface area contributed by atoms with Crippen LogP contribution in [-0.4, -0.2) is 20.5 Å². The minimum absolute atomic E-state index is 0.583. The molecule has 0 aliphatic carbocycles. The van der Waals surface area contributed by atoms with Gasteiger partial charge >= 0.3 is 0 Å². The van der Waals surface area contributed by atoms with Crippen molar-refractivity contribution in [2.24, 2.45) is 0 Å². The molecule has 2 aromatic rings. The second-order valence-electron chi connectivity index (χ2n) is 3.90. The number of aromatic nitrogens is 3. The lowest BCUT2D eigenvalue weighted by atomic mass is 10.2. The lowest BCUT2D eigenvalue weighted by Crippen LogP contribution is -2.01. The van der Waals surface area contributed by atoms with Crippen LogP contribution in [0.3, 0.4) is 0 Å². The molecule has 0 saturated heterocycles. The molecule has 0 aromatic carbocycles. The second kappa shape index (κ2) is 6.12. The van der Waals surface area contributed by atoms with Gasteiger partial charge in [0.1, 0.15) is 5.76 Å². The summed E-state index contributed by atoms with van der Waals surface area (Å²) in [6.45, 7) is 9.96. The first-order chi connectivity index (χ1) is 9.13. The molecule has 6 heteroatoms. The summed E-state index contributed by atoms with van der Waals surface area (Å²) in [7, 11) is 0. The lowest BCUT2D eigenvalue weighted by Gasteiger charge is -2.06. The Morgan fingerprint density at radius 2 is 2.37 bits per heavy atom. The highest BCUT2D eigenvalue weighted by atomic mass is 35.5. The zero-order chi connectivity index (χ0) is 13.8. The first-order valence-electron chi connectivity index (χ1n) is 5.68. The summed E-state index contributed by atoms with van der Waals surface area (Å²) in [5.74, 6) is 2.19. The maximum atomic E-state index is 5.78. The number of aryl methyl sites for hydroxylation is 1. The van der Waals surface area contributed by atoms with Crippen molar-refractivity contribution in [3.05, 3.63) is 42.4 Å². The highest BCUT2D eigenvalue weighted by Crippen LogP contribution is 2.27. The summed E-state index contributed by atoms with van der Waals surface area (Å²) in [6.07, 6.45) is 3.45. The number of furan rings is 1. The van der Waals surface area contributed by atoms with Crippen LogP contribution in [0.4, 0.5) is 0 Å². The minimum atomic E-state index is 0.583. The normalized spacial score (nSPS) is 10.6. The van der Waals surface area contributed by atoms with Crippen LogP contribution < -0.4 is 0 Å². The number of halogens is 1. The molecule has 2 heterocycles. The fraction of sp³-hybridized carbons (Fsp3) is 0.231. The summed E-state index contributed by atoms with van der Waals surface area (Å²) in [4.78, 5) is 0. The summed E-state index contributed by atoms with van der Waals surface area (Å²) < 4.78 is 7.29. The van der Waals surface area contributed by atoms with Gasteiger partial charge in [-0.2, -0.15) is 0 Å². The van der Waals surface area contributed by atoms with Gasteiger partial charge in [0.15, 0.2) is 11.0 Å². The third-order valence-corrected chi connectivity index (χ3v) is 3.83. The van der Waals surface area contributed by atoms with Crippen LogP contribution in [0.1, 0.15) is 5.76 Å². The van der Waals surface area contributed by atoms with E-state index in [1.165, 1.54) is 11.8 Å². The van der Waals surface area contributed by atoms with E-state index in [9.17, 15) is 0 Å². The van der Waals surface area contributed by atoms with Gasteiger partial charge in [-0.1, -0.05) is 36.0 Å². The summed E-state index contributed by atoms with van der Waals surface area (Å²) in [5.41, 5.74) is 0.936. The van der Waals surface area contributed by atoms with Crippen LogP contribution in [0.2, 0.25) is 0 Å². The molecule has 2 aromatic heterocycles. The van der Waals surface area contributed by atoms with Gasteiger partial charge in [-0.15, -0.1) is 16.8 Å². The van der Waals surface area contributed by atoms with Crippen molar-refractivity contribution in [3.8, 4) is 11.4 Å². The predicted molar refractivity (Wildman–Crippen MR) is 78.4 cm³/mol. The monoisotopic (exact) mass is 295 g/mol. The Morgan fingerprint density at radius 3 is 2.95 bits per heavy atom. The Morgan fingerprint density at radius 1 is 1.58 bits per heavy atom. The van der Waals surface area contributed by atoms with Crippen molar-refractivity contribution in [2.75, 3.05) is 5.75 Å². The molecule has 0 fully saturated rings. The maximum absolute atomic E-state index is 5.78. The van der Waals surface area contributed by atoms with Crippen LogP contribution in [0.25, 0.3) is 11.4 Å². The summed E-state index contributed by atoms with van der Waals surface area (Å²) >= 11 is 7.28. The third kappa shape index (κ3) is 3.11. The molecular formula is C13H14ClN3OS. The van der Waals surface area contributed by atoms with Gasteiger partial charge in [0.2, 0.25) is 0 Å². The van der Waals surface area contributed by atoms with E-state index in [1.807, 2.05) is 23.6 Å². The van der Waals surface area contributed by atoms with E-state index < -0.39 is 0 Å². The Bertz CT molecular complexity index is 603. The molecule has 0 aliphatic heterocycles. The molecule has 0 atom stereocenters. The van der Waals surface area contributed by atoms with Gasteiger partial charge in [0.25, 0.3) is 0 Å². The molecule has 0 N–H and O–H groups in total. The van der Waals surface area contributed by atoms with E-state index in [4.69, 9.17) is 16.0 Å². The topological polar surface area (TPSA) is 43.9 Å². The molecule has 4 nitrogen and oxygen atoms in total. The quantitative estimate of drug-likeness (QED) is 0.599. The number of thioether (sulfide) groups is 1. The maximum Gasteiger partial charge on any atom is 0.192 e. The van der Waals surface area contributed by atoms with Crippen molar-refractivity contribution in [2.45, 2.75) is 18.6 Å². The van der Waals surface area contributed by atoms with Gasteiger partial charge in [-0.25, -0.2) is 0 Å². The molecular weight excluding hydrogens is 282 g/mol. The average molecular weight is 296 g/mol. The Kier molecular flexibility index (Phi) is 4.50. The summed E-state index contributed by atoms with van der Waals surface area (Å²) in [5, 5.41) is 9.79. The van der Waals surface area contributed by atoms with E-state index >= 15 is 0 Å². The van der Waals surface area contributed by atoms with E-state index in [2.05, 4.69) is 23.4 Å². The smallest absolute Gasteiger partial charge is 0.192 e. The number of hydrogen-bond donors (Lipinski definition) is 0. The molecule has 0 unspecified atom stereocenters. The van der Waals surface area contributed by atoms with Crippen molar-refractivity contribution >= 4 is 23.4 Å². The largest absolute Gasteiger partial charge is 0.469 e. The Hall–Kier alpha value is -1.46. The minimum Gasteiger partial charge on any atom is -0.469 e. The molecule has 100 valence electrons. The molecule has 0 aliphatic rings. The number of rotatable bonds is 6. The molecule has 0 saturated carbocycles. The zero-order valence-electron chi connectivity index (χ0n) is 10.6. The predicted octanol–water partition coefficient (Wildman–Crippen LogP) is 3.88. The lowest BCUT2D eigenvalue weighted by molar-refractivity contribution is 0.534. The number of allylic oxidation sites excluding steroid dienone is 1. The van der Waals surface area contributed by atoms with Crippen molar-refractivity contribution in [1.29, 1.82) is 0 Å². The number of nitrogens with zero attached hydrogens (tertiary/aromatic N) is 3. The molecule has 2 rings (SSSR count). The fourth-order valence-corrected chi connectivity index (χ4v) is 2.51. The molecule has 0 spiro atoms. The molecule has 19 heavy (non-hydrogen) atoms.